The van der Waals surface area contributed by atoms with Crippen molar-refractivity contribution in [3.05, 3.63) is 28.2 Å². The first-order chi connectivity index (χ1) is 10.1. The number of rotatable bonds is 3. The average Bonchev–Trinajstić information content (AvgIpc) is 2.71. The monoisotopic (exact) mass is 352 g/mol. The van der Waals surface area contributed by atoms with E-state index >= 15 is 0 Å². The molecular formula is C16H21BrN2O2. The second-order valence-corrected chi connectivity index (χ2v) is 6.39. The van der Waals surface area contributed by atoms with Gasteiger partial charge in [0.1, 0.15) is 6.42 Å². The standard InChI is InChI=1S/C16H21BrN2O2/c1-12-10-13(17)6-7-14(12)18-15(20)11-16(21)19-8-4-2-3-5-9-19/h6-7,10H,2-5,8-9,11H2,1H3,(H,18,20). The molecule has 1 saturated heterocycles. The molecule has 2 amide bonds. The Hall–Kier alpha value is -1.36. The van der Waals surface area contributed by atoms with Crippen molar-refractivity contribution in [2.75, 3.05) is 18.4 Å². The van der Waals surface area contributed by atoms with Gasteiger partial charge in [-0.2, -0.15) is 0 Å². The SMILES string of the molecule is Cc1cc(Br)ccc1NC(=O)CC(=O)N1CCCCCC1. The summed E-state index contributed by atoms with van der Waals surface area (Å²) in [4.78, 5) is 26.0. The minimum Gasteiger partial charge on any atom is -0.342 e. The van der Waals surface area contributed by atoms with E-state index in [2.05, 4.69) is 21.2 Å². The van der Waals surface area contributed by atoms with E-state index in [1.807, 2.05) is 30.0 Å². The van der Waals surface area contributed by atoms with E-state index in [4.69, 9.17) is 0 Å². The van der Waals surface area contributed by atoms with Crippen LogP contribution in [-0.2, 0) is 9.59 Å². The first-order valence-electron chi connectivity index (χ1n) is 7.40. The Morgan fingerprint density at radius 2 is 1.86 bits per heavy atom. The molecule has 1 N–H and O–H groups in total. The summed E-state index contributed by atoms with van der Waals surface area (Å²) in [6.07, 6.45) is 4.36. The zero-order valence-corrected chi connectivity index (χ0v) is 13.9. The fraction of sp³-hybridized carbons (Fsp3) is 0.500. The molecule has 1 aromatic carbocycles. The Bertz CT molecular complexity index is 523. The molecule has 1 heterocycles. The van der Waals surface area contributed by atoms with Gasteiger partial charge in [0.05, 0.1) is 0 Å². The number of aryl methyl sites for hydroxylation is 1. The lowest BCUT2D eigenvalue weighted by Gasteiger charge is -2.20. The molecule has 0 unspecified atom stereocenters. The Labute approximate surface area is 134 Å². The van der Waals surface area contributed by atoms with E-state index in [1.54, 1.807) is 0 Å². The summed E-state index contributed by atoms with van der Waals surface area (Å²) in [5.74, 6) is -0.307. The molecule has 1 aliphatic heterocycles. The predicted molar refractivity (Wildman–Crippen MR) is 87.2 cm³/mol. The summed E-state index contributed by atoms with van der Waals surface area (Å²) in [5.41, 5.74) is 1.73. The van der Waals surface area contributed by atoms with Crippen molar-refractivity contribution < 1.29 is 9.59 Å². The largest absolute Gasteiger partial charge is 0.342 e. The smallest absolute Gasteiger partial charge is 0.233 e. The molecule has 5 heteroatoms. The van der Waals surface area contributed by atoms with Crippen LogP contribution in [0, 0.1) is 6.92 Å². The average molecular weight is 353 g/mol. The highest BCUT2D eigenvalue weighted by Gasteiger charge is 2.18. The van der Waals surface area contributed by atoms with Crippen LogP contribution >= 0.6 is 15.9 Å². The maximum atomic E-state index is 12.1. The lowest BCUT2D eigenvalue weighted by molar-refractivity contribution is -0.134. The van der Waals surface area contributed by atoms with Gasteiger partial charge >= 0.3 is 0 Å². The summed E-state index contributed by atoms with van der Waals surface area (Å²) in [5, 5.41) is 2.82. The van der Waals surface area contributed by atoms with E-state index in [0.717, 1.165) is 41.7 Å². The summed E-state index contributed by atoms with van der Waals surface area (Å²) < 4.78 is 0.971. The van der Waals surface area contributed by atoms with Crippen molar-refractivity contribution in [2.45, 2.75) is 39.0 Å². The third-order valence-corrected chi connectivity index (χ3v) is 4.23. The lowest BCUT2D eigenvalue weighted by atomic mass is 10.2. The molecule has 1 fully saturated rings. The number of nitrogens with zero attached hydrogens (tertiary/aromatic N) is 1. The molecule has 2 rings (SSSR count). The predicted octanol–water partition coefficient (Wildman–Crippen LogP) is 3.49. The van der Waals surface area contributed by atoms with E-state index in [-0.39, 0.29) is 18.2 Å². The number of anilines is 1. The van der Waals surface area contributed by atoms with Gasteiger partial charge in [-0.15, -0.1) is 0 Å². The maximum absolute atomic E-state index is 12.1. The number of hydrogen-bond acceptors (Lipinski definition) is 2. The lowest BCUT2D eigenvalue weighted by Crippen LogP contribution is -2.34. The number of benzene rings is 1. The molecule has 0 spiro atoms. The van der Waals surface area contributed by atoms with Gasteiger partial charge in [-0.1, -0.05) is 28.8 Å². The maximum Gasteiger partial charge on any atom is 0.233 e. The Balaban J connectivity index is 1.90. The quantitative estimate of drug-likeness (QED) is 0.846. The summed E-state index contributed by atoms with van der Waals surface area (Å²) in [7, 11) is 0. The minimum atomic E-state index is -0.241. The molecule has 0 radical (unpaired) electrons. The van der Waals surface area contributed by atoms with E-state index in [1.165, 1.54) is 12.8 Å². The number of carbonyl (C=O) groups is 2. The van der Waals surface area contributed by atoms with Crippen molar-refractivity contribution in [3.8, 4) is 0 Å². The summed E-state index contributed by atoms with van der Waals surface area (Å²) >= 11 is 3.39. The molecule has 1 aromatic rings. The van der Waals surface area contributed by atoms with Gasteiger partial charge < -0.3 is 10.2 Å². The Kier molecular flexibility index (Phi) is 5.79. The van der Waals surface area contributed by atoms with Crippen molar-refractivity contribution >= 4 is 33.4 Å². The highest BCUT2D eigenvalue weighted by Crippen LogP contribution is 2.20. The van der Waals surface area contributed by atoms with Crippen LogP contribution in [0.25, 0.3) is 0 Å². The minimum absolute atomic E-state index is 0.0656. The van der Waals surface area contributed by atoms with Crippen molar-refractivity contribution in [3.63, 3.8) is 0 Å². The molecular weight excluding hydrogens is 332 g/mol. The highest BCUT2D eigenvalue weighted by atomic mass is 79.9. The fourth-order valence-corrected chi connectivity index (χ4v) is 3.01. The molecule has 0 bridgehead atoms. The number of likely N-dealkylation sites (tertiary alicyclic amines) is 1. The number of amides is 2. The van der Waals surface area contributed by atoms with Crippen LogP contribution in [0.1, 0.15) is 37.7 Å². The van der Waals surface area contributed by atoms with Gasteiger partial charge in [0, 0.05) is 23.2 Å². The van der Waals surface area contributed by atoms with Gasteiger partial charge in [-0.25, -0.2) is 0 Å². The van der Waals surface area contributed by atoms with Crippen LogP contribution < -0.4 is 5.32 Å². The number of hydrogen-bond donors (Lipinski definition) is 1. The van der Waals surface area contributed by atoms with Crippen molar-refractivity contribution in [2.24, 2.45) is 0 Å². The summed E-state index contributed by atoms with van der Waals surface area (Å²) in [6.45, 7) is 3.49. The molecule has 114 valence electrons. The third-order valence-electron chi connectivity index (χ3n) is 3.73. The molecule has 1 aliphatic rings. The van der Waals surface area contributed by atoms with E-state index in [9.17, 15) is 9.59 Å². The zero-order valence-electron chi connectivity index (χ0n) is 12.3. The van der Waals surface area contributed by atoms with Gasteiger partial charge in [0.2, 0.25) is 11.8 Å². The van der Waals surface area contributed by atoms with Gasteiger partial charge in [-0.3, -0.25) is 9.59 Å². The first kappa shape index (κ1) is 16.0. The number of carbonyl (C=O) groups excluding carboxylic acids is 2. The molecule has 21 heavy (non-hydrogen) atoms. The third kappa shape index (κ3) is 4.84. The van der Waals surface area contributed by atoms with Crippen LogP contribution in [0.5, 0.6) is 0 Å². The summed E-state index contributed by atoms with van der Waals surface area (Å²) in [6, 6.07) is 5.65. The van der Waals surface area contributed by atoms with Gasteiger partial charge in [-0.05, 0) is 43.5 Å². The Morgan fingerprint density at radius 3 is 2.48 bits per heavy atom. The fourth-order valence-electron chi connectivity index (χ4n) is 2.53. The van der Waals surface area contributed by atoms with E-state index in [0.29, 0.717) is 0 Å². The second-order valence-electron chi connectivity index (χ2n) is 5.48. The normalized spacial score (nSPS) is 15.4. The van der Waals surface area contributed by atoms with Crippen LogP contribution in [0.2, 0.25) is 0 Å². The van der Waals surface area contributed by atoms with Crippen LogP contribution in [0.4, 0.5) is 5.69 Å². The van der Waals surface area contributed by atoms with Crippen molar-refractivity contribution in [1.29, 1.82) is 0 Å². The zero-order chi connectivity index (χ0) is 15.2. The number of nitrogens with one attached hydrogen (secondary N) is 1. The molecule has 0 aliphatic carbocycles. The molecule has 0 atom stereocenters. The molecule has 0 saturated carbocycles. The topological polar surface area (TPSA) is 49.4 Å². The van der Waals surface area contributed by atoms with Crippen LogP contribution in [0.15, 0.2) is 22.7 Å². The van der Waals surface area contributed by atoms with Gasteiger partial charge in [0.25, 0.3) is 0 Å². The van der Waals surface area contributed by atoms with Gasteiger partial charge in [0.15, 0.2) is 0 Å². The Morgan fingerprint density at radius 1 is 1.19 bits per heavy atom. The van der Waals surface area contributed by atoms with E-state index < -0.39 is 0 Å². The van der Waals surface area contributed by atoms with Crippen LogP contribution in [-0.4, -0.2) is 29.8 Å². The molecule has 4 nitrogen and oxygen atoms in total. The first-order valence-corrected chi connectivity index (χ1v) is 8.19. The second kappa shape index (κ2) is 7.59. The number of halogens is 1. The highest BCUT2D eigenvalue weighted by molar-refractivity contribution is 9.10. The van der Waals surface area contributed by atoms with Crippen LogP contribution in [0.3, 0.4) is 0 Å². The van der Waals surface area contributed by atoms with Crippen molar-refractivity contribution in [1.82, 2.24) is 4.90 Å². The molecule has 0 aromatic heterocycles.